The van der Waals surface area contributed by atoms with Crippen molar-refractivity contribution in [1.82, 2.24) is 5.32 Å². The van der Waals surface area contributed by atoms with E-state index >= 15 is 0 Å². The molecular weight excluding hydrogens is 342 g/mol. The van der Waals surface area contributed by atoms with Gasteiger partial charge in [0.05, 0.1) is 18.2 Å². The number of benzene rings is 3. The van der Waals surface area contributed by atoms with Crippen LogP contribution in [0.1, 0.15) is 34.5 Å². The fraction of sp³-hybridized carbons (Fsp3) is 0.182. The van der Waals surface area contributed by atoms with E-state index in [1.807, 2.05) is 49.4 Å². The molecule has 2 N–H and O–H groups in total. The van der Waals surface area contributed by atoms with E-state index in [9.17, 15) is 9.59 Å². The van der Waals surface area contributed by atoms with Gasteiger partial charge in [-0.3, -0.25) is 4.79 Å². The third-order valence-corrected chi connectivity index (χ3v) is 4.37. The van der Waals surface area contributed by atoms with Crippen LogP contribution in [0.25, 0.3) is 10.8 Å². The molecule has 0 aliphatic carbocycles. The van der Waals surface area contributed by atoms with Crippen LogP contribution in [0.3, 0.4) is 0 Å². The third-order valence-electron chi connectivity index (χ3n) is 4.37. The largest absolute Gasteiger partial charge is 0.452 e. The van der Waals surface area contributed by atoms with E-state index < -0.39 is 5.97 Å². The second-order valence-electron chi connectivity index (χ2n) is 6.29. The zero-order valence-electron chi connectivity index (χ0n) is 15.0. The van der Waals surface area contributed by atoms with Crippen LogP contribution in [-0.4, -0.2) is 23.6 Å². The maximum absolute atomic E-state index is 12.2. The van der Waals surface area contributed by atoms with Crippen molar-refractivity contribution in [2.45, 2.75) is 19.6 Å². The molecule has 0 saturated carbocycles. The van der Waals surface area contributed by atoms with Gasteiger partial charge in [0.15, 0.2) is 6.61 Å². The fourth-order valence-corrected chi connectivity index (χ4v) is 2.95. The first-order valence-corrected chi connectivity index (χ1v) is 8.72. The number of rotatable bonds is 6. The molecule has 1 amide bonds. The van der Waals surface area contributed by atoms with Crippen molar-refractivity contribution >= 4 is 22.6 Å². The number of carbonyl (C=O) groups is 2. The van der Waals surface area contributed by atoms with Crippen LogP contribution in [-0.2, 0) is 16.1 Å². The Kier molecular flexibility index (Phi) is 5.84. The monoisotopic (exact) mass is 363 g/mol. The molecule has 5 heteroatoms. The Balaban J connectivity index is 1.59. The van der Waals surface area contributed by atoms with Gasteiger partial charge in [-0.1, -0.05) is 54.6 Å². The summed E-state index contributed by atoms with van der Waals surface area (Å²) in [5.74, 6) is -0.941. The summed E-state index contributed by atoms with van der Waals surface area (Å²) >= 11 is 0. The molecule has 0 aliphatic rings. The van der Waals surface area contributed by atoms with Gasteiger partial charge in [-0.15, -0.1) is 0 Å². The van der Waals surface area contributed by atoms with Crippen molar-refractivity contribution in [3.8, 4) is 0 Å². The molecule has 0 radical (unpaired) electrons. The van der Waals surface area contributed by atoms with E-state index in [1.165, 1.54) is 0 Å². The lowest BCUT2D eigenvalue weighted by Crippen LogP contribution is -2.31. The van der Waals surface area contributed by atoms with Crippen LogP contribution in [0, 0.1) is 0 Å². The van der Waals surface area contributed by atoms with Crippen molar-refractivity contribution in [2.75, 3.05) is 6.61 Å². The van der Waals surface area contributed by atoms with E-state index in [0.717, 1.165) is 16.3 Å². The van der Waals surface area contributed by atoms with Crippen LogP contribution in [0.4, 0.5) is 0 Å². The van der Waals surface area contributed by atoms with Crippen molar-refractivity contribution in [3.05, 3.63) is 83.4 Å². The number of fused-ring (bicyclic) bond motifs is 1. The molecular formula is C22H21NO4. The number of esters is 1. The second kappa shape index (κ2) is 8.47. The molecule has 1 unspecified atom stereocenters. The molecule has 0 saturated heterocycles. The van der Waals surface area contributed by atoms with Gasteiger partial charge in [-0.2, -0.15) is 0 Å². The number of carbonyl (C=O) groups excluding carboxylic acids is 2. The van der Waals surface area contributed by atoms with Gasteiger partial charge >= 0.3 is 5.97 Å². The van der Waals surface area contributed by atoms with Crippen LogP contribution in [0.2, 0.25) is 0 Å². The highest BCUT2D eigenvalue weighted by Gasteiger charge is 2.14. The number of hydrogen-bond acceptors (Lipinski definition) is 4. The SMILES string of the molecule is CC(NC(=O)COC(=O)c1ccc(CO)cc1)c1cccc2ccccc12. The number of aliphatic hydroxyl groups is 1. The molecule has 5 nitrogen and oxygen atoms in total. The van der Waals surface area contributed by atoms with Crippen molar-refractivity contribution in [2.24, 2.45) is 0 Å². The molecule has 27 heavy (non-hydrogen) atoms. The fourth-order valence-electron chi connectivity index (χ4n) is 2.95. The summed E-state index contributed by atoms with van der Waals surface area (Å²) in [4.78, 5) is 24.2. The van der Waals surface area contributed by atoms with Gasteiger partial charge in [-0.05, 0) is 41.0 Å². The molecule has 3 aromatic carbocycles. The van der Waals surface area contributed by atoms with Crippen molar-refractivity contribution in [1.29, 1.82) is 0 Å². The van der Waals surface area contributed by atoms with E-state index in [0.29, 0.717) is 11.1 Å². The van der Waals surface area contributed by atoms with Crippen LogP contribution in [0.5, 0.6) is 0 Å². The van der Waals surface area contributed by atoms with E-state index in [1.54, 1.807) is 24.3 Å². The highest BCUT2D eigenvalue weighted by atomic mass is 16.5. The lowest BCUT2D eigenvalue weighted by Gasteiger charge is -2.16. The quantitative estimate of drug-likeness (QED) is 0.659. The highest BCUT2D eigenvalue weighted by molar-refractivity contribution is 5.91. The molecule has 0 bridgehead atoms. The number of nitrogens with one attached hydrogen (secondary N) is 1. The van der Waals surface area contributed by atoms with Gasteiger partial charge in [0.2, 0.25) is 0 Å². The molecule has 1 atom stereocenters. The van der Waals surface area contributed by atoms with Crippen molar-refractivity contribution in [3.63, 3.8) is 0 Å². The lowest BCUT2D eigenvalue weighted by atomic mass is 10.00. The van der Waals surface area contributed by atoms with Gasteiger partial charge in [0, 0.05) is 0 Å². The zero-order chi connectivity index (χ0) is 19.2. The number of hydrogen-bond donors (Lipinski definition) is 2. The van der Waals surface area contributed by atoms with Crippen LogP contribution < -0.4 is 5.32 Å². The normalized spacial score (nSPS) is 11.8. The predicted molar refractivity (Wildman–Crippen MR) is 103 cm³/mol. The molecule has 0 fully saturated rings. The Labute approximate surface area is 157 Å². The summed E-state index contributed by atoms with van der Waals surface area (Å²) in [7, 11) is 0. The molecule has 0 spiro atoms. The average Bonchev–Trinajstić information content (AvgIpc) is 2.71. The summed E-state index contributed by atoms with van der Waals surface area (Å²) in [5, 5.41) is 14.1. The summed E-state index contributed by atoms with van der Waals surface area (Å²) in [5.41, 5.74) is 2.04. The molecule has 138 valence electrons. The smallest absolute Gasteiger partial charge is 0.338 e. The maximum atomic E-state index is 12.2. The summed E-state index contributed by atoms with van der Waals surface area (Å²) < 4.78 is 5.07. The zero-order valence-corrected chi connectivity index (χ0v) is 15.0. The highest BCUT2D eigenvalue weighted by Crippen LogP contribution is 2.23. The van der Waals surface area contributed by atoms with Gasteiger partial charge in [-0.25, -0.2) is 4.79 Å². The molecule has 0 aliphatic heterocycles. The minimum Gasteiger partial charge on any atom is -0.452 e. The topological polar surface area (TPSA) is 75.6 Å². The standard InChI is InChI=1S/C22H21NO4/c1-15(19-8-4-6-17-5-2-3-7-20(17)19)23-21(25)14-27-22(26)18-11-9-16(13-24)10-12-18/h2-12,15,24H,13-14H2,1H3,(H,23,25). The van der Waals surface area contributed by atoms with Crippen molar-refractivity contribution < 1.29 is 19.4 Å². The average molecular weight is 363 g/mol. The Morgan fingerprint density at radius 3 is 2.44 bits per heavy atom. The van der Waals surface area contributed by atoms with Gasteiger partial charge in [0.25, 0.3) is 5.91 Å². The Hall–Kier alpha value is -3.18. The number of amides is 1. The van der Waals surface area contributed by atoms with Crippen LogP contribution >= 0.6 is 0 Å². The lowest BCUT2D eigenvalue weighted by molar-refractivity contribution is -0.124. The van der Waals surface area contributed by atoms with E-state index in [4.69, 9.17) is 9.84 Å². The first kappa shape index (κ1) is 18.6. The maximum Gasteiger partial charge on any atom is 0.338 e. The van der Waals surface area contributed by atoms with E-state index in [2.05, 4.69) is 5.32 Å². The molecule has 0 heterocycles. The summed E-state index contributed by atoms with van der Waals surface area (Å²) in [6.07, 6.45) is 0. The first-order chi connectivity index (χ1) is 13.1. The summed E-state index contributed by atoms with van der Waals surface area (Å²) in [6.45, 7) is 1.45. The molecule has 3 rings (SSSR count). The minimum atomic E-state index is -0.576. The van der Waals surface area contributed by atoms with Gasteiger partial charge < -0.3 is 15.2 Å². The Morgan fingerprint density at radius 2 is 1.70 bits per heavy atom. The summed E-state index contributed by atoms with van der Waals surface area (Å²) in [6, 6.07) is 20.1. The third kappa shape index (κ3) is 4.51. The predicted octanol–water partition coefficient (Wildman–Crippen LogP) is 3.37. The molecule has 3 aromatic rings. The Morgan fingerprint density at radius 1 is 1.00 bits per heavy atom. The number of aliphatic hydroxyl groups excluding tert-OH is 1. The minimum absolute atomic E-state index is 0.0935. The Bertz CT molecular complexity index is 945. The second-order valence-corrected chi connectivity index (χ2v) is 6.29. The van der Waals surface area contributed by atoms with E-state index in [-0.39, 0.29) is 25.2 Å². The molecule has 0 aromatic heterocycles. The number of ether oxygens (including phenoxy) is 1. The first-order valence-electron chi connectivity index (χ1n) is 8.72. The van der Waals surface area contributed by atoms with Gasteiger partial charge in [0.1, 0.15) is 0 Å². The van der Waals surface area contributed by atoms with Crippen LogP contribution in [0.15, 0.2) is 66.7 Å².